The van der Waals surface area contributed by atoms with E-state index >= 15 is 0 Å². The number of carbonyl (C=O) groups is 1. The number of hydrogen-bond acceptors (Lipinski definition) is 3. The Morgan fingerprint density at radius 3 is 2.70 bits per heavy atom. The van der Waals surface area contributed by atoms with E-state index in [-0.39, 0.29) is 12.5 Å². The van der Waals surface area contributed by atoms with Crippen LogP contribution < -0.4 is 5.32 Å². The van der Waals surface area contributed by atoms with E-state index in [1.807, 2.05) is 0 Å². The van der Waals surface area contributed by atoms with E-state index in [0.29, 0.717) is 24.5 Å². The van der Waals surface area contributed by atoms with Gasteiger partial charge in [-0.1, -0.05) is 6.92 Å². The molecule has 0 spiro atoms. The van der Waals surface area contributed by atoms with Crippen LogP contribution in [0, 0.1) is 6.92 Å². The van der Waals surface area contributed by atoms with E-state index in [1.165, 1.54) is 6.20 Å². The summed E-state index contributed by atoms with van der Waals surface area (Å²) in [6.45, 7) is 4.68. The highest BCUT2D eigenvalue weighted by Crippen LogP contribution is 2.25. The number of nitrogens with one attached hydrogen (secondary N) is 1. The SMILES string of the molecule is CCC(CC(F)(F)F)NC(=O)c1cnn(C2CCOCC2)c1C. The molecule has 0 aromatic carbocycles. The summed E-state index contributed by atoms with van der Waals surface area (Å²) >= 11 is 0. The Kier molecular flexibility index (Phi) is 5.67. The van der Waals surface area contributed by atoms with Crippen molar-refractivity contribution in [1.82, 2.24) is 15.1 Å². The number of hydrogen-bond donors (Lipinski definition) is 1. The molecule has 23 heavy (non-hydrogen) atoms. The lowest BCUT2D eigenvalue weighted by molar-refractivity contribution is -0.139. The van der Waals surface area contributed by atoms with E-state index in [0.717, 1.165) is 12.8 Å². The Morgan fingerprint density at radius 1 is 1.48 bits per heavy atom. The Labute approximate surface area is 133 Å². The van der Waals surface area contributed by atoms with Gasteiger partial charge in [0.15, 0.2) is 0 Å². The second kappa shape index (κ2) is 7.33. The standard InChI is InChI=1S/C15H22F3N3O2/c1-3-11(8-15(16,17)18)20-14(22)13-9-19-21(10(13)2)12-4-6-23-7-5-12/h9,11-12H,3-8H2,1-2H3,(H,20,22). The molecule has 1 aliphatic rings. The number of halogens is 3. The molecule has 0 aliphatic carbocycles. The average Bonchev–Trinajstić information content (AvgIpc) is 2.87. The summed E-state index contributed by atoms with van der Waals surface area (Å²) in [5.74, 6) is -0.503. The van der Waals surface area contributed by atoms with Crippen LogP contribution in [0.2, 0.25) is 0 Å². The van der Waals surface area contributed by atoms with Crippen LogP contribution >= 0.6 is 0 Å². The third-order valence-electron chi connectivity index (χ3n) is 4.13. The summed E-state index contributed by atoms with van der Waals surface area (Å²) < 4.78 is 44.6. The van der Waals surface area contributed by atoms with Crippen molar-refractivity contribution >= 4 is 5.91 Å². The van der Waals surface area contributed by atoms with E-state index in [9.17, 15) is 18.0 Å². The Balaban J connectivity index is 2.06. The first-order valence-corrected chi connectivity index (χ1v) is 7.81. The molecule has 130 valence electrons. The van der Waals surface area contributed by atoms with E-state index in [1.54, 1.807) is 18.5 Å². The predicted octanol–water partition coefficient (Wildman–Crippen LogP) is 3.00. The van der Waals surface area contributed by atoms with E-state index < -0.39 is 24.5 Å². The third-order valence-corrected chi connectivity index (χ3v) is 4.13. The van der Waals surface area contributed by atoms with Gasteiger partial charge in [-0.15, -0.1) is 0 Å². The van der Waals surface area contributed by atoms with Gasteiger partial charge in [0.25, 0.3) is 5.91 Å². The molecular weight excluding hydrogens is 311 g/mol. The van der Waals surface area contributed by atoms with Gasteiger partial charge in [0.05, 0.1) is 24.2 Å². The quantitative estimate of drug-likeness (QED) is 0.901. The number of carbonyl (C=O) groups excluding carboxylic acids is 1. The summed E-state index contributed by atoms with van der Waals surface area (Å²) in [6, 6.07) is -0.754. The number of alkyl halides is 3. The van der Waals surface area contributed by atoms with Crippen LogP contribution in [0.3, 0.4) is 0 Å². The predicted molar refractivity (Wildman–Crippen MR) is 78.3 cm³/mol. The lowest BCUT2D eigenvalue weighted by Gasteiger charge is -2.23. The summed E-state index contributed by atoms with van der Waals surface area (Å²) in [5, 5.41) is 6.71. The smallest absolute Gasteiger partial charge is 0.381 e. The van der Waals surface area contributed by atoms with Gasteiger partial charge in [0, 0.05) is 24.9 Å². The largest absolute Gasteiger partial charge is 0.391 e. The average molecular weight is 333 g/mol. The molecule has 0 saturated carbocycles. The number of aromatic nitrogens is 2. The number of nitrogens with zero attached hydrogens (tertiary/aromatic N) is 2. The van der Waals surface area contributed by atoms with Crippen molar-refractivity contribution in [1.29, 1.82) is 0 Å². The number of ether oxygens (including phenoxy) is 1. The fraction of sp³-hybridized carbons (Fsp3) is 0.733. The van der Waals surface area contributed by atoms with Crippen LogP contribution in [0.25, 0.3) is 0 Å². The first-order chi connectivity index (χ1) is 10.8. The zero-order valence-corrected chi connectivity index (χ0v) is 13.3. The van der Waals surface area contributed by atoms with Crippen LogP contribution in [-0.2, 0) is 4.74 Å². The lowest BCUT2D eigenvalue weighted by atomic mass is 10.1. The minimum atomic E-state index is -4.30. The molecule has 1 aromatic heterocycles. The summed E-state index contributed by atoms with van der Waals surface area (Å²) in [4.78, 5) is 12.3. The lowest BCUT2D eigenvalue weighted by Crippen LogP contribution is -2.37. The zero-order valence-electron chi connectivity index (χ0n) is 13.3. The first kappa shape index (κ1) is 17.8. The number of rotatable bonds is 5. The van der Waals surface area contributed by atoms with Crippen LogP contribution in [-0.4, -0.2) is 41.1 Å². The summed E-state index contributed by atoms with van der Waals surface area (Å²) in [7, 11) is 0. The van der Waals surface area contributed by atoms with Crippen molar-refractivity contribution in [2.75, 3.05) is 13.2 Å². The molecule has 2 heterocycles. The first-order valence-electron chi connectivity index (χ1n) is 7.81. The van der Waals surface area contributed by atoms with Crippen molar-refractivity contribution < 1.29 is 22.7 Å². The highest BCUT2D eigenvalue weighted by atomic mass is 19.4. The second-order valence-corrected chi connectivity index (χ2v) is 5.83. The number of amides is 1. The van der Waals surface area contributed by atoms with E-state index in [2.05, 4.69) is 10.4 Å². The molecule has 1 aromatic rings. The maximum Gasteiger partial charge on any atom is 0.391 e. The molecule has 5 nitrogen and oxygen atoms in total. The molecule has 1 amide bonds. The van der Waals surface area contributed by atoms with Crippen molar-refractivity contribution in [3.05, 3.63) is 17.5 Å². The highest BCUT2D eigenvalue weighted by molar-refractivity contribution is 5.95. The molecule has 0 radical (unpaired) electrons. The molecule has 1 N–H and O–H groups in total. The van der Waals surface area contributed by atoms with Gasteiger partial charge < -0.3 is 10.1 Å². The topological polar surface area (TPSA) is 56.2 Å². The van der Waals surface area contributed by atoms with Crippen molar-refractivity contribution in [3.63, 3.8) is 0 Å². The maximum absolute atomic E-state index is 12.5. The van der Waals surface area contributed by atoms with Crippen LogP contribution in [0.4, 0.5) is 13.2 Å². The summed E-state index contributed by atoms with van der Waals surface area (Å²) in [6.07, 6.45) is -2.04. The van der Waals surface area contributed by atoms with Gasteiger partial charge in [-0.2, -0.15) is 18.3 Å². The molecular formula is C15H22F3N3O2. The molecule has 1 aliphatic heterocycles. The Hall–Kier alpha value is -1.57. The maximum atomic E-state index is 12.5. The fourth-order valence-electron chi connectivity index (χ4n) is 2.78. The van der Waals surface area contributed by atoms with Gasteiger partial charge in [-0.25, -0.2) is 0 Å². The molecule has 2 rings (SSSR count). The van der Waals surface area contributed by atoms with Gasteiger partial charge in [-0.05, 0) is 26.2 Å². The van der Waals surface area contributed by atoms with E-state index in [4.69, 9.17) is 4.74 Å². The molecule has 1 unspecified atom stereocenters. The zero-order chi connectivity index (χ0) is 17.0. The van der Waals surface area contributed by atoms with Crippen molar-refractivity contribution in [3.8, 4) is 0 Å². The molecule has 1 fully saturated rings. The third kappa shape index (κ3) is 4.70. The normalized spacial score (nSPS) is 18.0. The van der Waals surface area contributed by atoms with Gasteiger partial charge in [-0.3, -0.25) is 9.48 Å². The Bertz CT molecular complexity index is 537. The monoisotopic (exact) mass is 333 g/mol. The molecule has 1 saturated heterocycles. The van der Waals surface area contributed by atoms with Gasteiger partial charge >= 0.3 is 6.18 Å². The van der Waals surface area contributed by atoms with Gasteiger partial charge in [0.2, 0.25) is 0 Å². The Morgan fingerprint density at radius 2 is 2.13 bits per heavy atom. The van der Waals surface area contributed by atoms with Crippen molar-refractivity contribution in [2.45, 2.75) is 57.8 Å². The minimum absolute atomic E-state index is 0.169. The summed E-state index contributed by atoms with van der Waals surface area (Å²) in [5.41, 5.74) is 1.01. The second-order valence-electron chi connectivity index (χ2n) is 5.83. The van der Waals surface area contributed by atoms with Crippen LogP contribution in [0.1, 0.15) is 54.7 Å². The molecule has 1 atom stereocenters. The minimum Gasteiger partial charge on any atom is -0.381 e. The van der Waals surface area contributed by atoms with Gasteiger partial charge in [0.1, 0.15) is 0 Å². The highest BCUT2D eigenvalue weighted by Gasteiger charge is 2.32. The van der Waals surface area contributed by atoms with Crippen LogP contribution in [0.5, 0.6) is 0 Å². The fourth-order valence-corrected chi connectivity index (χ4v) is 2.78. The molecule has 8 heteroatoms. The van der Waals surface area contributed by atoms with Crippen LogP contribution in [0.15, 0.2) is 6.20 Å². The van der Waals surface area contributed by atoms with Crippen molar-refractivity contribution in [2.24, 2.45) is 0 Å². The molecule has 0 bridgehead atoms.